The van der Waals surface area contributed by atoms with E-state index in [0.29, 0.717) is 42.0 Å². The van der Waals surface area contributed by atoms with Gasteiger partial charge in [0.2, 0.25) is 0 Å². The number of hydrogen-bond donors (Lipinski definition) is 0. The maximum absolute atomic E-state index is 6.43. The molecule has 0 unspecified atom stereocenters. The third-order valence-corrected chi connectivity index (χ3v) is 5.92. The van der Waals surface area contributed by atoms with Gasteiger partial charge in [-0.3, -0.25) is 4.57 Å². The number of nitrogens with zero attached hydrogens (tertiary/aromatic N) is 3. The summed E-state index contributed by atoms with van der Waals surface area (Å²) in [7, 11) is 1.65. The van der Waals surface area contributed by atoms with E-state index >= 15 is 0 Å². The highest BCUT2D eigenvalue weighted by molar-refractivity contribution is 7.98. The van der Waals surface area contributed by atoms with Crippen LogP contribution in [0.1, 0.15) is 12.0 Å². The lowest BCUT2D eigenvalue weighted by atomic mass is 10.2. The Balaban J connectivity index is 1.60. The van der Waals surface area contributed by atoms with Crippen molar-refractivity contribution in [1.82, 2.24) is 14.8 Å². The zero-order valence-electron chi connectivity index (χ0n) is 16.6. The van der Waals surface area contributed by atoms with Crippen molar-refractivity contribution < 1.29 is 14.2 Å². The van der Waals surface area contributed by atoms with E-state index < -0.39 is 0 Å². The summed E-state index contributed by atoms with van der Waals surface area (Å²) in [4.78, 5) is 0. The van der Waals surface area contributed by atoms with Gasteiger partial charge in [-0.1, -0.05) is 41.6 Å². The van der Waals surface area contributed by atoms with Gasteiger partial charge in [0, 0.05) is 18.7 Å². The SMILES string of the molecule is C=CCn1c(SCc2cc(Cl)c3c(c2)OCCCO3)nnc1-c1ccccc1OC. The van der Waals surface area contributed by atoms with Crippen molar-refractivity contribution in [2.45, 2.75) is 23.9 Å². The molecule has 6 nitrogen and oxygen atoms in total. The van der Waals surface area contributed by atoms with Crippen molar-refractivity contribution in [2.24, 2.45) is 0 Å². The highest BCUT2D eigenvalue weighted by atomic mass is 35.5. The number of aromatic nitrogens is 3. The summed E-state index contributed by atoms with van der Waals surface area (Å²) in [6.07, 6.45) is 2.67. The average molecular weight is 444 g/mol. The summed E-state index contributed by atoms with van der Waals surface area (Å²) in [5, 5.41) is 10.2. The van der Waals surface area contributed by atoms with Crippen molar-refractivity contribution in [3.8, 4) is 28.6 Å². The first-order chi connectivity index (χ1) is 14.7. The minimum atomic E-state index is 0.562. The molecule has 0 saturated carbocycles. The minimum Gasteiger partial charge on any atom is -0.496 e. The molecule has 30 heavy (non-hydrogen) atoms. The third kappa shape index (κ3) is 4.27. The first kappa shape index (κ1) is 20.6. The van der Waals surface area contributed by atoms with Crippen LogP contribution in [-0.4, -0.2) is 35.1 Å². The van der Waals surface area contributed by atoms with Gasteiger partial charge >= 0.3 is 0 Å². The van der Waals surface area contributed by atoms with Gasteiger partial charge in [-0.2, -0.15) is 0 Å². The van der Waals surface area contributed by atoms with Gasteiger partial charge in [0.25, 0.3) is 0 Å². The van der Waals surface area contributed by atoms with E-state index in [0.717, 1.165) is 34.3 Å². The van der Waals surface area contributed by atoms with Crippen LogP contribution >= 0.6 is 23.4 Å². The molecule has 4 rings (SSSR count). The second-order valence-electron chi connectivity index (χ2n) is 6.65. The molecule has 0 atom stereocenters. The molecule has 0 bridgehead atoms. The number of halogens is 1. The largest absolute Gasteiger partial charge is 0.496 e. The van der Waals surface area contributed by atoms with E-state index in [1.165, 1.54) is 0 Å². The fourth-order valence-corrected chi connectivity index (χ4v) is 4.40. The van der Waals surface area contributed by atoms with Crippen LogP contribution in [0.25, 0.3) is 11.4 Å². The molecule has 2 aromatic carbocycles. The van der Waals surface area contributed by atoms with Gasteiger partial charge in [-0.05, 0) is 29.8 Å². The van der Waals surface area contributed by atoms with Gasteiger partial charge in [0.05, 0.1) is 30.9 Å². The molecule has 156 valence electrons. The summed E-state index contributed by atoms with van der Waals surface area (Å²) >= 11 is 8.00. The molecule has 1 aromatic heterocycles. The maximum atomic E-state index is 6.43. The molecule has 0 fully saturated rings. The number of fused-ring (bicyclic) bond motifs is 1. The first-order valence-electron chi connectivity index (χ1n) is 9.59. The number of benzene rings is 2. The van der Waals surface area contributed by atoms with Gasteiger partial charge in [-0.15, -0.1) is 16.8 Å². The topological polar surface area (TPSA) is 58.4 Å². The third-order valence-electron chi connectivity index (χ3n) is 4.61. The molecule has 0 radical (unpaired) electrons. The number of thioether (sulfide) groups is 1. The van der Waals surface area contributed by atoms with E-state index in [4.69, 9.17) is 25.8 Å². The lowest BCUT2D eigenvalue weighted by Crippen LogP contribution is -2.02. The number of para-hydroxylation sites is 1. The Labute approximate surface area is 184 Å². The molecule has 1 aliphatic heterocycles. The summed E-state index contributed by atoms with van der Waals surface area (Å²) < 4.78 is 19.0. The van der Waals surface area contributed by atoms with Gasteiger partial charge < -0.3 is 14.2 Å². The van der Waals surface area contributed by atoms with Crippen molar-refractivity contribution in [3.63, 3.8) is 0 Å². The Morgan fingerprint density at radius 1 is 1.23 bits per heavy atom. The van der Waals surface area contributed by atoms with Crippen LogP contribution in [0.4, 0.5) is 0 Å². The Hall–Kier alpha value is -2.64. The van der Waals surface area contributed by atoms with Crippen molar-refractivity contribution in [2.75, 3.05) is 20.3 Å². The van der Waals surface area contributed by atoms with Crippen LogP contribution < -0.4 is 14.2 Å². The fourth-order valence-electron chi connectivity index (χ4n) is 3.23. The highest BCUT2D eigenvalue weighted by Crippen LogP contribution is 2.39. The van der Waals surface area contributed by atoms with Gasteiger partial charge in [0.15, 0.2) is 22.5 Å². The van der Waals surface area contributed by atoms with Gasteiger partial charge in [-0.25, -0.2) is 0 Å². The van der Waals surface area contributed by atoms with Crippen molar-refractivity contribution in [3.05, 3.63) is 59.6 Å². The summed E-state index contributed by atoms with van der Waals surface area (Å²) in [5.74, 6) is 3.47. The van der Waals surface area contributed by atoms with Crippen LogP contribution in [0.15, 0.2) is 54.2 Å². The number of allylic oxidation sites excluding steroid dienone is 1. The van der Waals surface area contributed by atoms with Crippen LogP contribution in [0.3, 0.4) is 0 Å². The lowest BCUT2D eigenvalue weighted by molar-refractivity contribution is 0.297. The summed E-state index contributed by atoms with van der Waals surface area (Å²) in [5.41, 5.74) is 1.92. The van der Waals surface area contributed by atoms with Crippen LogP contribution in [0, 0.1) is 0 Å². The van der Waals surface area contributed by atoms with Crippen LogP contribution in [0.2, 0.25) is 5.02 Å². The zero-order valence-corrected chi connectivity index (χ0v) is 18.2. The molecule has 3 aromatic rings. The van der Waals surface area contributed by atoms with E-state index in [-0.39, 0.29) is 0 Å². The smallest absolute Gasteiger partial charge is 0.192 e. The molecule has 0 aliphatic carbocycles. The number of ether oxygens (including phenoxy) is 3. The summed E-state index contributed by atoms with van der Waals surface area (Å²) in [6, 6.07) is 11.7. The van der Waals surface area contributed by atoms with E-state index in [2.05, 4.69) is 16.8 Å². The summed E-state index contributed by atoms with van der Waals surface area (Å²) in [6.45, 7) is 5.69. The second-order valence-corrected chi connectivity index (χ2v) is 8.00. The molecular formula is C22H22ClN3O3S. The van der Waals surface area contributed by atoms with Crippen LogP contribution in [-0.2, 0) is 12.3 Å². The molecule has 0 spiro atoms. The van der Waals surface area contributed by atoms with Crippen molar-refractivity contribution >= 4 is 23.4 Å². The second kappa shape index (κ2) is 9.45. The molecule has 2 heterocycles. The first-order valence-corrected chi connectivity index (χ1v) is 11.0. The predicted molar refractivity (Wildman–Crippen MR) is 119 cm³/mol. The lowest BCUT2D eigenvalue weighted by Gasteiger charge is -2.12. The number of rotatable bonds is 7. The molecule has 0 saturated heterocycles. The zero-order chi connectivity index (χ0) is 20.9. The Bertz CT molecular complexity index is 1050. The van der Waals surface area contributed by atoms with E-state index in [1.54, 1.807) is 18.9 Å². The molecule has 0 amide bonds. The van der Waals surface area contributed by atoms with E-state index in [1.807, 2.05) is 47.0 Å². The maximum Gasteiger partial charge on any atom is 0.192 e. The Kier molecular flexibility index (Phi) is 6.50. The van der Waals surface area contributed by atoms with Gasteiger partial charge in [0.1, 0.15) is 5.75 Å². The number of hydrogen-bond acceptors (Lipinski definition) is 6. The minimum absolute atomic E-state index is 0.562. The standard InChI is InChI=1S/C22H22ClN3O3S/c1-3-9-26-21(16-7-4-5-8-18(16)27-2)24-25-22(26)30-14-15-12-17(23)20-19(13-15)28-10-6-11-29-20/h3-5,7-8,12-13H,1,6,9-11,14H2,2H3. The van der Waals surface area contributed by atoms with Crippen LogP contribution in [0.5, 0.6) is 17.2 Å². The average Bonchev–Trinajstić information content (AvgIpc) is 2.99. The van der Waals surface area contributed by atoms with Crippen molar-refractivity contribution in [1.29, 1.82) is 0 Å². The van der Waals surface area contributed by atoms with E-state index in [9.17, 15) is 0 Å². The highest BCUT2D eigenvalue weighted by Gasteiger charge is 2.19. The number of methoxy groups -OCH3 is 1. The normalized spacial score (nSPS) is 13.0. The predicted octanol–water partition coefficient (Wildman–Crippen LogP) is 5.25. The molecular weight excluding hydrogens is 422 g/mol. The monoisotopic (exact) mass is 443 g/mol. The molecule has 1 aliphatic rings. The fraction of sp³-hybridized carbons (Fsp3) is 0.273. The Morgan fingerprint density at radius 3 is 2.90 bits per heavy atom. The quantitative estimate of drug-likeness (QED) is 0.367. The molecule has 0 N–H and O–H groups in total. The molecule has 8 heteroatoms. The Morgan fingerprint density at radius 2 is 2.07 bits per heavy atom.